The van der Waals surface area contributed by atoms with Crippen molar-refractivity contribution in [3.05, 3.63) is 72.1 Å². The molecule has 5 heteroatoms. The minimum atomic E-state index is -0.346. The summed E-state index contributed by atoms with van der Waals surface area (Å²) in [5, 5.41) is 11.5. The maximum absolute atomic E-state index is 11.5. The van der Waals surface area contributed by atoms with Gasteiger partial charge in [0.1, 0.15) is 0 Å². The number of anilines is 2. The summed E-state index contributed by atoms with van der Waals surface area (Å²) in [6.45, 7) is 26.6. The van der Waals surface area contributed by atoms with E-state index in [1.165, 1.54) is 50.2 Å². The maximum atomic E-state index is 11.5. The molecule has 0 saturated heterocycles. The first-order valence-electron chi connectivity index (χ1n) is 18.5. The van der Waals surface area contributed by atoms with E-state index in [0.29, 0.717) is 28.4 Å². The van der Waals surface area contributed by atoms with Crippen LogP contribution >= 0.6 is 0 Å². The molecule has 47 heavy (non-hydrogen) atoms. The van der Waals surface area contributed by atoms with Crippen LogP contribution in [0.4, 0.5) is 11.4 Å². The average Bonchev–Trinajstić information content (AvgIpc) is 3.34. The third-order valence-corrected chi connectivity index (χ3v) is 13.3. The fourth-order valence-corrected chi connectivity index (χ4v) is 10.3. The summed E-state index contributed by atoms with van der Waals surface area (Å²) in [4.78, 5) is 0. The number of rotatable bonds is 11. The van der Waals surface area contributed by atoms with Gasteiger partial charge in [-0.1, -0.05) is 112 Å². The molecule has 5 nitrogen and oxygen atoms in total. The highest BCUT2D eigenvalue weighted by Gasteiger charge is 2.58. The molecule has 0 aliphatic heterocycles. The van der Waals surface area contributed by atoms with Crippen molar-refractivity contribution in [1.29, 1.82) is 0 Å². The van der Waals surface area contributed by atoms with E-state index in [1.54, 1.807) is 6.08 Å². The molecule has 9 N–H and O–H groups in total. The highest BCUT2D eigenvalue weighted by atomic mass is 16.3. The molecule has 9 unspecified atom stereocenters. The van der Waals surface area contributed by atoms with E-state index in [-0.39, 0.29) is 16.9 Å². The van der Waals surface area contributed by atoms with Crippen LogP contribution in [0, 0.1) is 51.8 Å². The first-order valence-corrected chi connectivity index (χ1v) is 18.5. The van der Waals surface area contributed by atoms with Gasteiger partial charge in [-0.15, -0.1) is 0 Å². The second-order valence-corrected chi connectivity index (χ2v) is 16.7. The number of hydrogen-bond acceptors (Lipinski definition) is 5. The van der Waals surface area contributed by atoms with Gasteiger partial charge in [0.2, 0.25) is 0 Å². The van der Waals surface area contributed by atoms with Crippen molar-refractivity contribution in [3.8, 4) is 0 Å². The molecule has 1 aromatic carbocycles. The third kappa shape index (κ3) is 8.32. The van der Waals surface area contributed by atoms with Crippen molar-refractivity contribution in [1.82, 2.24) is 0 Å². The molecule has 4 rings (SSSR count). The Morgan fingerprint density at radius 3 is 2.30 bits per heavy atom. The van der Waals surface area contributed by atoms with Crippen molar-refractivity contribution in [2.45, 2.75) is 126 Å². The molecule has 3 aliphatic rings. The highest BCUT2D eigenvalue weighted by molar-refractivity contribution is 5.57. The standard InChI is InChI=1S/C36H60N2O.C6H10N2/c1-9-34(6)29(24(4)12-10-11-23(2)3)16-17-30(34)28-15-18-32-35(7,25(28)5)20-19-33(39)36(32,8)22-26-13-14-27(37)21-31(26)38;1-3-6(8)4-5(2)7/h13-14,18,21,23-25,28-30,33,39H,9-12,15-17,19-20,22,37-38H2,1-8H3;3-4H,1-2,7-8H2/b;6-4+. The summed E-state index contributed by atoms with van der Waals surface area (Å²) in [6, 6.07) is 5.88. The van der Waals surface area contributed by atoms with Gasteiger partial charge < -0.3 is 28.0 Å². The molecule has 0 bridgehead atoms. The zero-order chi connectivity index (χ0) is 35.3. The third-order valence-electron chi connectivity index (χ3n) is 13.3. The number of allylic oxidation sites excluding steroid dienone is 3. The van der Waals surface area contributed by atoms with Gasteiger partial charge in [-0.05, 0) is 115 Å². The maximum Gasteiger partial charge on any atom is 0.0634 e. The number of benzene rings is 1. The minimum absolute atomic E-state index is 0.120. The highest BCUT2D eigenvalue weighted by Crippen LogP contribution is 2.65. The molecule has 9 atom stereocenters. The Morgan fingerprint density at radius 1 is 1.06 bits per heavy atom. The number of fused-ring (bicyclic) bond motifs is 1. The van der Waals surface area contributed by atoms with E-state index in [2.05, 4.69) is 80.7 Å². The molecule has 2 fully saturated rings. The van der Waals surface area contributed by atoms with Crippen LogP contribution in [0.5, 0.6) is 0 Å². The fraction of sp³-hybridized carbons (Fsp3) is 0.667. The molecule has 0 radical (unpaired) electrons. The van der Waals surface area contributed by atoms with Crippen molar-refractivity contribution in [3.63, 3.8) is 0 Å². The smallest absolute Gasteiger partial charge is 0.0634 e. The Kier molecular flexibility index (Phi) is 13.0. The minimum Gasteiger partial charge on any atom is -0.399 e. The monoisotopic (exact) mass is 647 g/mol. The lowest BCUT2D eigenvalue weighted by Crippen LogP contribution is -2.53. The van der Waals surface area contributed by atoms with E-state index in [1.807, 2.05) is 12.1 Å². The van der Waals surface area contributed by atoms with Crippen LogP contribution in [0.15, 0.2) is 66.6 Å². The van der Waals surface area contributed by atoms with Gasteiger partial charge in [-0.3, -0.25) is 0 Å². The van der Waals surface area contributed by atoms with Gasteiger partial charge in [0.05, 0.1) is 6.10 Å². The molecule has 3 aliphatic carbocycles. The van der Waals surface area contributed by atoms with E-state index in [0.717, 1.165) is 66.5 Å². The molecule has 0 heterocycles. The zero-order valence-corrected chi connectivity index (χ0v) is 31.2. The summed E-state index contributed by atoms with van der Waals surface area (Å²) in [6.07, 6.45) is 17.4. The van der Waals surface area contributed by atoms with E-state index >= 15 is 0 Å². The van der Waals surface area contributed by atoms with Gasteiger partial charge in [0.25, 0.3) is 0 Å². The lowest BCUT2D eigenvalue weighted by atomic mass is 9.47. The van der Waals surface area contributed by atoms with E-state index in [4.69, 9.17) is 22.9 Å². The van der Waals surface area contributed by atoms with Crippen LogP contribution in [0.2, 0.25) is 0 Å². The molecular formula is C42H70N4O. The number of aliphatic hydroxyl groups excluding tert-OH is 1. The second kappa shape index (κ2) is 15.7. The van der Waals surface area contributed by atoms with Crippen LogP contribution < -0.4 is 22.9 Å². The second-order valence-electron chi connectivity index (χ2n) is 16.7. The van der Waals surface area contributed by atoms with Crippen molar-refractivity contribution < 1.29 is 5.11 Å². The summed E-state index contributed by atoms with van der Waals surface area (Å²) < 4.78 is 0. The Bertz CT molecular complexity index is 1300. The van der Waals surface area contributed by atoms with Gasteiger partial charge in [0.15, 0.2) is 0 Å². The average molecular weight is 647 g/mol. The normalized spacial score (nSPS) is 34.6. The van der Waals surface area contributed by atoms with Gasteiger partial charge in [-0.2, -0.15) is 0 Å². The van der Waals surface area contributed by atoms with Crippen molar-refractivity contribution in [2.24, 2.45) is 63.2 Å². The SMILES string of the molecule is C=C/C(N)=C\C(=C)N.CCC1(C)C(C(C)CCCC(C)C)CCC1C1CC=C2C(C)(Cc3ccc(N)cc3N)C(O)CCC2(C)C1C. The lowest BCUT2D eigenvalue weighted by molar-refractivity contribution is -0.0452. The summed E-state index contributed by atoms with van der Waals surface area (Å²) in [5.41, 5.74) is 28.1. The van der Waals surface area contributed by atoms with Crippen LogP contribution in [0.3, 0.4) is 0 Å². The number of nitrogen functional groups attached to an aromatic ring is 2. The Labute approximate surface area is 288 Å². The molecule has 0 spiro atoms. The van der Waals surface area contributed by atoms with E-state index < -0.39 is 0 Å². The molecule has 264 valence electrons. The van der Waals surface area contributed by atoms with Gasteiger partial charge in [0, 0.05) is 28.2 Å². The fourth-order valence-electron chi connectivity index (χ4n) is 10.3. The summed E-state index contributed by atoms with van der Waals surface area (Å²) in [5.74, 6) is 4.59. The van der Waals surface area contributed by atoms with Crippen molar-refractivity contribution >= 4 is 11.4 Å². The van der Waals surface area contributed by atoms with Crippen LogP contribution in [-0.2, 0) is 6.42 Å². The number of hydrogen-bond donors (Lipinski definition) is 5. The quantitative estimate of drug-likeness (QED) is 0.0930. The molecular weight excluding hydrogens is 576 g/mol. The molecule has 0 amide bonds. The Hall–Kier alpha value is -2.66. The summed E-state index contributed by atoms with van der Waals surface area (Å²) >= 11 is 0. The number of nitrogens with two attached hydrogens (primary N) is 4. The molecule has 2 saturated carbocycles. The van der Waals surface area contributed by atoms with Crippen molar-refractivity contribution in [2.75, 3.05) is 11.5 Å². The van der Waals surface area contributed by atoms with Crippen LogP contribution in [-0.4, -0.2) is 11.2 Å². The first-order chi connectivity index (χ1) is 21.9. The summed E-state index contributed by atoms with van der Waals surface area (Å²) in [7, 11) is 0. The van der Waals surface area contributed by atoms with Gasteiger partial charge in [-0.25, -0.2) is 0 Å². The van der Waals surface area contributed by atoms with Crippen LogP contribution in [0.1, 0.15) is 119 Å². The van der Waals surface area contributed by atoms with E-state index in [9.17, 15) is 5.11 Å². The Balaban J connectivity index is 0.000000665. The number of aliphatic hydroxyl groups is 1. The predicted octanol–water partition coefficient (Wildman–Crippen LogP) is 9.54. The lowest BCUT2D eigenvalue weighted by Gasteiger charge is -2.58. The van der Waals surface area contributed by atoms with Gasteiger partial charge >= 0.3 is 0 Å². The first kappa shape index (κ1) is 38.8. The topological polar surface area (TPSA) is 124 Å². The predicted molar refractivity (Wildman–Crippen MR) is 204 cm³/mol. The van der Waals surface area contributed by atoms with Crippen LogP contribution in [0.25, 0.3) is 0 Å². The Morgan fingerprint density at radius 2 is 1.74 bits per heavy atom. The molecule has 1 aromatic rings. The largest absolute Gasteiger partial charge is 0.399 e. The molecule has 0 aromatic heterocycles. The zero-order valence-electron chi connectivity index (χ0n) is 31.2.